The van der Waals surface area contributed by atoms with Crippen molar-refractivity contribution in [2.45, 2.75) is 43.6 Å². The van der Waals surface area contributed by atoms with E-state index in [0.717, 1.165) is 11.1 Å². The molecule has 2 heterocycles. The van der Waals surface area contributed by atoms with Crippen LogP contribution in [0.3, 0.4) is 0 Å². The minimum Gasteiger partial charge on any atom is -0.497 e. The van der Waals surface area contributed by atoms with Crippen LogP contribution in [0.15, 0.2) is 115 Å². The molecule has 6 rings (SSSR count). The van der Waals surface area contributed by atoms with E-state index in [1.165, 1.54) is 0 Å². The molecule has 8 heteroatoms. The molecule has 0 spiro atoms. The van der Waals surface area contributed by atoms with Gasteiger partial charge in [-0.2, -0.15) is 0 Å². The monoisotopic (exact) mass is 568 g/mol. The first kappa shape index (κ1) is 27.9. The normalized spacial score (nSPS) is 25.2. The summed E-state index contributed by atoms with van der Waals surface area (Å²) in [7, 11) is 1.60. The lowest BCUT2D eigenvalue weighted by molar-refractivity contribution is -0.355. The molecule has 0 N–H and O–H groups in total. The summed E-state index contributed by atoms with van der Waals surface area (Å²) in [5, 5.41) is 0. The fraction of sp³-hybridized carbons (Fsp3) is 0.265. The van der Waals surface area contributed by atoms with E-state index in [4.69, 9.17) is 33.2 Å². The number of carbonyl (C=O) groups excluding carboxylic acids is 1. The number of ether oxygens (including phenoxy) is 7. The quantitative estimate of drug-likeness (QED) is 0.237. The molecule has 0 bridgehead atoms. The van der Waals surface area contributed by atoms with Gasteiger partial charge in [-0.15, -0.1) is 0 Å². The van der Waals surface area contributed by atoms with Gasteiger partial charge in [0.25, 0.3) is 0 Å². The Balaban J connectivity index is 1.33. The fourth-order valence-corrected chi connectivity index (χ4v) is 5.06. The molecule has 8 nitrogen and oxygen atoms in total. The van der Waals surface area contributed by atoms with Crippen molar-refractivity contribution in [3.63, 3.8) is 0 Å². The number of fused-ring (bicyclic) bond motifs is 1. The third-order valence-electron chi connectivity index (χ3n) is 7.21. The highest BCUT2D eigenvalue weighted by atomic mass is 16.8. The van der Waals surface area contributed by atoms with Gasteiger partial charge in [0.05, 0.1) is 25.9 Å². The van der Waals surface area contributed by atoms with Crippen molar-refractivity contribution in [2.24, 2.45) is 0 Å². The summed E-state index contributed by atoms with van der Waals surface area (Å²) >= 11 is 0. The molecule has 0 saturated carbocycles. The average molecular weight is 569 g/mol. The highest BCUT2D eigenvalue weighted by Crippen LogP contribution is 2.38. The SMILES string of the molecule is COc1ccc(O[C@@H]2O[C@@H]3COC(c4ccccc4)O[C@H]3[C@H](OCc3ccccc3)[C@H]2OC(=O)c2ccccc2)cc1. The first-order chi connectivity index (χ1) is 20.7. The third kappa shape index (κ3) is 6.48. The summed E-state index contributed by atoms with van der Waals surface area (Å²) in [5.74, 6) is 0.678. The summed E-state index contributed by atoms with van der Waals surface area (Å²) in [6, 6.07) is 35.4. The number of carbonyl (C=O) groups is 1. The third-order valence-corrected chi connectivity index (χ3v) is 7.21. The molecule has 0 radical (unpaired) electrons. The van der Waals surface area contributed by atoms with Crippen molar-refractivity contribution in [3.05, 3.63) is 132 Å². The van der Waals surface area contributed by atoms with Crippen LogP contribution in [0.5, 0.6) is 11.5 Å². The first-order valence-electron chi connectivity index (χ1n) is 13.9. The average Bonchev–Trinajstić information content (AvgIpc) is 3.06. The molecule has 216 valence electrons. The number of hydrogen-bond donors (Lipinski definition) is 0. The predicted octanol–water partition coefficient (Wildman–Crippen LogP) is 5.72. The number of benzene rings is 4. The molecular weight excluding hydrogens is 536 g/mol. The van der Waals surface area contributed by atoms with Crippen LogP contribution in [-0.4, -0.2) is 50.4 Å². The molecule has 42 heavy (non-hydrogen) atoms. The molecule has 4 aromatic rings. The van der Waals surface area contributed by atoms with Gasteiger partial charge in [0.15, 0.2) is 12.4 Å². The lowest BCUT2D eigenvalue weighted by Gasteiger charge is -2.48. The van der Waals surface area contributed by atoms with E-state index in [1.54, 1.807) is 55.6 Å². The molecule has 2 aliphatic heterocycles. The van der Waals surface area contributed by atoms with Crippen molar-refractivity contribution in [1.82, 2.24) is 0 Å². The van der Waals surface area contributed by atoms with E-state index < -0.39 is 43.0 Å². The maximum absolute atomic E-state index is 13.4. The van der Waals surface area contributed by atoms with Gasteiger partial charge in [0.2, 0.25) is 6.29 Å². The van der Waals surface area contributed by atoms with Gasteiger partial charge in [-0.25, -0.2) is 4.79 Å². The van der Waals surface area contributed by atoms with E-state index in [-0.39, 0.29) is 13.2 Å². The Morgan fingerprint density at radius 3 is 2.10 bits per heavy atom. The van der Waals surface area contributed by atoms with Crippen LogP contribution in [0, 0.1) is 0 Å². The predicted molar refractivity (Wildman–Crippen MR) is 153 cm³/mol. The highest BCUT2D eigenvalue weighted by molar-refractivity contribution is 5.89. The van der Waals surface area contributed by atoms with Crippen LogP contribution in [0.4, 0.5) is 0 Å². The van der Waals surface area contributed by atoms with Crippen LogP contribution in [0.2, 0.25) is 0 Å². The van der Waals surface area contributed by atoms with Crippen molar-refractivity contribution in [1.29, 1.82) is 0 Å². The van der Waals surface area contributed by atoms with Crippen LogP contribution < -0.4 is 9.47 Å². The summed E-state index contributed by atoms with van der Waals surface area (Å²) < 4.78 is 43.2. The summed E-state index contributed by atoms with van der Waals surface area (Å²) in [6.07, 6.45) is -4.51. The van der Waals surface area contributed by atoms with Gasteiger partial charge >= 0.3 is 5.97 Å². The fourth-order valence-electron chi connectivity index (χ4n) is 5.06. The molecule has 0 aromatic heterocycles. The summed E-state index contributed by atoms with van der Waals surface area (Å²) in [5.41, 5.74) is 2.24. The smallest absolute Gasteiger partial charge is 0.338 e. The summed E-state index contributed by atoms with van der Waals surface area (Å²) in [4.78, 5) is 13.4. The topological polar surface area (TPSA) is 81.7 Å². The minimum atomic E-state index is -1.01. The lowest BCUT2D eigenvalue weighted by Crippen LogP contribution is -2.64. The van der Waals surface area contributed by atoms with Gasteiger partial charge in [0, 0.05) is 5.56 Å². The van der Waals surface area contributed by atoms with Gasteiger partial charge in [-0.3, -0.25) is 0 Å². The van der Waals surface area contributed by atoms with Crippen molar-refractivity contribution in [2.75, 3.05) is 13.7 Å². The Kier molecular flexibility index (Phi) is 8.77. The van der Waals surface area contributed by atoms with Crippen molar-refractivity contribution >= 4 is 5.97 Å². The Morgan fingerprint density at radius 1 is 0.762 bits per heavy atom. The second-order valence-electron chi connectivity index (χ2n) is 10.0. The van der Waals surface area contributed by atoms with Crippen LogP contribution in [-0.2, 0) is 30.3 Å². The molecule has 2 saturated heterocycles. The Labute approximate surface area is 244 Å². The van der Waals surface area contributed by atoms with Crippen molar-refractivity contribution < 1.29 is 38.0 Å². The molecule has 0 aliphatic carbocycles. The molecule has 0 amide bonds. The van der Waals surface area contributed by atoms with Crippen LogP contribution in [0.25, 0.3) is 0 Å². The Hall–Kier alpha value is -4.21. The Bertz CT molecular complexity index is 1410. The van der Waals surface area contributed by atoms with E-state index in [9.17, 15) is 4.79 Å². The van der Waals surface area contributed by atoms with Crippen LogP contribution >= 0.6 is 0 Å². The number of rotatable bonds is 9. The molecule has 2 fully saturated rings. The molecular formula is C34H32O8. The van der Waals surface area contributed by atoms with Gasteiger partial charge in [-0.05, 0) is 42.0 Å². The Morgan fingerprint density at radius 2 is 1.40 bits per heavy atom. The number of esters is 1. The van der Waals surface area contributed by atoms with E-state index in [0.29, 0.717) is 17.1 Å². The van der Waals surface area contributed by atoms with Crippen LogP contribution in [0.1, 0.15) is 27.8 Å². The zero-order valence-electron chi connectivity index (χ0n) is 23.1. The molecule has 2 aliphatic rings. The molecule has 6 atom stereocenters. The second-order valence-corrected chi connectivity index (χ2v) is 10.0. The maximum atomic E-state index is 13.4. The zero-order valence-corrected chi connectivity index (χ0v) is 23.1. The zero-order chi connectivity index (χ0) is 28.7. The van der Waals surface area contributed by atoms with Gasteiger partial charge in [0.1, 0.15) is 29.8 Å². The number of hydrogen-bond acceptors (Lipinski definition) is 8. The first-order valence-corrected chi connectivity index (χ1v) is 13.9. The standard InChI is InChI=1S/C34H32O8/c1-36-26-17-19-27(20-18-26)39-34-31(41-32(35)24-13-7-3-8-14-24)30(37-21-23-11-5-2-6-12-23)29-28(40-34)22-38-33(42-29)25-15-9-4-10-16-25/h2-20,28-31,33-34H,21-22H2,1H3/t28-,29-,30+,31-,33?,34-/m1/s1. The number of methoxy groups -OCH3 is 1. The minimum absolute atomic E-state index is 0.233. The van der Waals surface area contributed by atoms with Gasteiger partial charge in [-0.1, -0.05) is 78.9 Å². The maximum Gasteiger partial charge on any atom is 0.338 e. The van der Waals surface area contributed by atoms with E-state index >= 15 is 0 Å². The van der Waals surface area contributed by atoms with E-state index in [2.05, 4.69) is 0 Å². The molecule has 4 aromatic carbocycles. The second kappa shape index (κ2) is 13.2. The largest absolute Gasteiger partial charge is 0.497 e. The van der Waals surface area contributed by atoms with E-state index in [1.807, 2.05) is 66.7 Å². The highest BCUT2D eigenvalue weighted by Gasteiger charge is 2.53. The van der Waals surface area contributed by atoms with Gasteiger partial charge < -0.3 is 33.2 Å². The summed E-state index contributed by atoms with van der Waals surface area (Å²) in [6.45, 7) is 0.501. The van der Waals surface area contributed by atoms with Crippen molar-refractivity contribution in [3.8, 4) is 11.5 Å². The molecule has 1 unspecified atom stereocenters. The lowest BCUT2D eigenvalue weighted by atomic mass is 9.97.